The number of amides is 3. The number of imide groups is 1. The zero-order valence-electron chi connectivity index (χ0n) is 22.0. The Kier molecular flexibility index (Phi) is 8.75. The molecule has 2 aromatic rings. The number of morpholine rings is 1. The Morgan fingerprint density at radius 3 is 2.62 bits per heavy atom. The first-order valence-electron chi connectivity index (χ1n) is 13.7. The predicted molar refractivity (Wildman–Crippen MR) is 147 cm³/mol. The molecule has 3 amide bonds. The first-order valence-corrected chi connectivity index (χ1v) is 14.1. The van der Waals surface area contributed by atoms with Crippen molar-refractivity contribution in [3.8, 4) is 0 Å². The summed E-state index contributed by atoms with van der Waals surface area (Å²) in [6, 6.07) is 11.2. The monoisotopic (exact) mass is 551 g/mol. The van der Waals surface area contributed by atoms with Crippen molar-refractivity contribution in [3.63, 3.8) is 0 Å². The van der Waals surface area contributed by atoms with E-state index in [9.17, 15) is 19.2 Å². The summed E-state index contributed by atoms with van der Waals surface area (Å²) in [7, 11) is 0. The van der Waals surface area contributed by atoms with Gasteiger partial charge in [-0.1, -0.05) is 35.9 Å². The lowest BCUT2D eigenvalue weighted by Gasteiger charge is -2.26. The molecule has 2 aliphatic heterocycles. The molecule has 2 atom stereocenters. The fourth-order valence-electron chi connectivity index (χ4n) is 5.67. The van der Waals surface area contributed by atoms with Crippen molar-refractivity contribution in [1.29, 1.82) is 0 Å². The summed E-state index contributed by atoms with van der Waals surface area (Å²) in [5, 5.41) is 5.94. The smallest absolute Gasteiger partial charge is 0.251 e. The van der Waals surface area contributed by atoms with Crippen LogP contribution in [0.25, 0.3) is 0 Å². The zero-order valence-corrected chi connectivity index (χ0v) is 22.7. The van der Waals surface area contributed by atoms with E-state index < -0.39 is 0 Å². The molecule has 206 valence electrons. The molecular formula is C30H34ClN3O5. The molecule has 1 aliphatic carbocycles. The number of carbonyl (C=O) groups is 4. The van der Waals surface area contributed by atoms with Crippen LogP contribution in [0.5, 0.6) is 0 Å². The van der Waals surface area contributed by atoms with Gasteiger partial charge in [0.15, 0.2) is 5.78 Å². The largest absolute Gasteiger partial charge is 0.379 e. The van der Waals surface area contributed by atoms with Gasteiger partial charge in [0, 0.05) is 60.6 Å². The van der Waals surface area contributed by atoms with E-state index in [1.54, 1.807) is 6.07 Å². The van der Waals surface area contributed by atoms with Crippen molar-refractivity contribution in [2.24, 2.45) is 11.8 Å². The van der Waals surface area contributed by atoms with Crippen molar-refractivity contribution in [1.82, 2.24) is 15.5 Å². The Morgan fingerprint density at radius 1 is 1.05 bits per heavy atom. The van der Waals surface area contributed by atoms with Gasteiger partial charge in [0.2, 0.25) is 11.8 Å². The summed E-state index contributed by atoms with van der Waals surface area (Å²) in [5.41, 5.74) is 4.16. The van der Waals surface area contributed by atoms with Gasteiger partial charge in [-0.2, -0.15) is 0 Å². The van der Waals surface area contributed by atoms with Gasteiger partial charge in [-0.25, -0.2) is 0 Å². The van der Waals surface area contributed by atoms with Gasteiger partial charge in [-0.05, 0) is 60.9 Å². The van der Waals surface area contributed by atoms with Gasteiger partial charge in [0.1, 0.15) is 0 Å². The number of benzene rings is 2. The molecular weight excluding hydrogens is 518 g/mol. The second-order valence-corrected chi connectivity index (χ2v) is 11.1. The topological polar surface area (TPSA) is 105 Å². The highest BCUT2D eigenvalue weighted by molar-refractivity contribution is 6.31. The van der Waals surface area contributed by atoms with Crippen molar-refractivity contribution in [2.75, 3.05) is 32.8 Å². The van der Waals surface area contributed by atoms with Crippen molar-refractivity contribution >= 4 is 35.1 Å². The molecule has 3 aliphatic rings. The molecule has 0 radical (unpaired) electrons. The summed E-state index contributed by atoms with van der Waals surface area (Å²) in [5.74, 6) is -0.904. The molecule has 2 aromatic carbocycles. The van der Waals surface area contributed by atoms with Crippen molar-refractivity contribution in [3.05, 3.63) is 69.2 Å². The van der Waals surface area contributed by atoms with Gasteiger partial charge in [-0.15, -0.1) is 0 Å². The maximum Gasteiger partial charge on any atom is 0.251 e. The van der Waals surface area contributed by atoms with Crippen LogP contribution >= 0.6 is 11.6 Å². The standard InChI is InChI=1S/C30H34ClN3O5/c31-26-17-23(5-2-20(26)9-10-34-11-13-39-14-12-34)29(37)32-18-19-1-7-25-24(15-19)16-22(28(25)36)4-3-21-6-8-27(35)33-30(21)38/h1-2,5,7,15,17,21-22H,3-4,6,8-14,16,18H2,(H,32,37)(H,33,35,38). The maximum absolute atomic E-state index is 12.9. The van der Waals surface area contributed by atoms with Gasteiger partial charge in [0.25, 0.3) is 5.91 Å². The number of rotatable bonds is 9. The highest BCUT2D eigenvalue weighted by atomic mass is 35.5. The predicted octanol–water partition coefficient (Wildman–Crippen LogP) is 3.33. The summed E-state index contributed by atoms with van der Waals surface area (Å²) in [6.07, 6.45) is 3.57. The minimum Gasteiger partial charge on any atom is -0.379 e. The average molecular weight is 552 g/mol. The van der Waals surface area contributed by atoms with Crippen LogP contribution in [0, 0.1) is 11.8 Å². The third-order valence-electron chi connectivity index (χ3n) is 8.06. The van der Waals surface area contributed by atoms with Gasteiger partial charge >= 0.3 is 0 Å². The normalized spacial score (nSPS) is 21.5. The minimum atomic E-state index is -0.226. The summed E-state index contributed by atoms with van der Waals surface area (Å²) >= 11 is 6.50. The Balaban J connectivity index is 1.12. The molecule has 2 fully saturated rings. The molecule has 5 rings (SSSR count). The van der Waals surface area contributed by atoms with Crippen LogP contribution < -0.4 is 10.6 Å². The molecule has 2 heterocycles. The number of nitrogens with zero attached hydrogens (tertiary/aromatic N) is 1. The highest BCUT2D eigenvalue weighted by Crippen LogP contribution is 2.32. The van der Waals surface area contributed by atoms with Crippen molar-refractivity contribution in [2.45, 2.75) is 45.1 Å². The lowest BCUT2D eigenvalue weighted by molar-refractivity contribution is -0.136. The quantitative estimate of drug-likeness (QED) is 0.463. The number of hydrogen-bond acceptors (Lipinski definition) is 6. The number of halogens is 1. The second-order valence-electron chi connectivity index (χ2n) is 10.7. The molecule has 2 saturated heterocycles. The van der Waals surface area contributed by atoms with Crippen LogP contribution in [0.3, 0.4) is 0 Å². The molecule has 0 spiro atoms. The molecule has 0 saturated carbocycles. The van der Waals surface area contributed by atoms with E-state index in [1.807, 2.05) is 30.3 Å². The van der Waals surface area contributed by atoms with Gasteiger partial charge < -0.3 is 10.1 Å². The minimum absolute atomic E-state index is 0.108. The molecule has 0 bridgehead atoms. The molecule has 2 unspecified atom stereocenters. The Morgan fingerprint density at radius 2 is 1.85 bits per heavy atom. The van der Waals surface area contributed by atoms with Gasteiger partial charge in [-0.3, -0.25) is 29.4 Å². The summed E-state index contributed by atoms with van der Waals surface area (Å²) in [4.78, 5) is 51.5. The first kappa shape index (κ1) is 27.5. The van der Waals surface area contributed by atoms with E-state index in [-0.39, 0.29) is 35.3 Å². The number of Topliss-reactive ketones (excluding diaryl/α,β-unsaturated/α-hetero) is 1. The number of piperidine rings is 1. The van der Waals surface area contributed by atoms with Crippen LogP contribution in [-0.2, 0) is 33.7 Å². The van der Waals surface area contributed by atoms with Crippen LogP contribution in [0.1, 0.15) is 63.1 Å². The first-order chi connectivity index (χ1) is 18.9. The third-order valence-corrected chi connectivity index (χ3v) is 8.41. The van der Waals surface area contributed by atoms with E-state index in [2.05, 4.69) is 15.5 Å². The Bertz CT molecular complexity index is 1270. The lowest BCUT2D eigenvalue weighted by Crippen LogP contribution is -2.40. The van der Waals surface area contributed by atoms with Crippen LogP contribution in [0.15, 0.2) is 36.4 Å². The second kappa shape index (κ2) is 12.4. The zero-order chi connectivity index (χ0) is 27.4. The number of ether oxygens (including phenoxy) is 1. The average Bonchev–Trinajstić information content (AvgIpc) is 3.25. The molecule has 39 heavy (non-hydrogen) atoms. The van der Waals surface area contributed by atoms with E-state index in [1.165, 1.54) is 0 Å². The van der Waals surface area contributed by atoms with Gasteiger partial charge in [0.05, 0.1) is 13.2 Å². The van der Waals surface area contributed by atoms with E-state index in [4.69, 9.17) is 16.3 Å². The number of hydrogen-bond donors (Lipinski definition) is 2. The number of carbonyl (C=O) groups excluding carboxylic acids is 4. The number of nitrogens with one attached hydrogen (secondary N) is 2. The van der Waals surface area contributed by atoms with E-state index in [0.717, 1.165) is 61.5 Å². The van der Waals surface area contributed by atoms with E-state index in [0.29, 0.717) is 49.2 Å². The van der Waals surface area contributed by atoms with Crippen LogP contribution in [0.2, 0.25) is 5.02 Å². The lowest BCUT2D eigenvalue weighted by atomic mass is 9.88. The van der Waals surface area contributed by atoms with E-state index >= 15 is 0 Å². The maximum atomic E-state index is 12.9. The molecule has 2 N–H and O–H groups in total. The SMILES string of the molecule is O=C1CCC(CCC2Cc3cc(CNC(=O)c4ccc(CCN5CCOCC5)c(Cl)c4)ccc3C2=O)C(=O)N1. The summed E-state index contributed by atoms with van der Waals surface area (Å²) < 4.78 is 5.39. The Labute approximate surface area is 233 Å². The third kappa shape index (κ3) is 6.75. The van der Waals surface area contributed by atoms with Crippen LogP contribution in [-0.4, -0.2) is 61.3 Å². The van der Waals surface area contributed by atoms with Crippen LogP contribution in [0.4, 0.5) is 0 Å². The molecule has 0 aromatic heterocycles. The number of ketones is 1. The number of fused-ring (bicyclic) bond motifs is 1. The summed E-state index contributed by atoms with van der Waals surface area (Å²) in [6.45, 7) is 4.64. The van der Waals surface area contributed by atoms with Crippen molar-refractivity contribution < 1.29 is 23.9 Å². The Hall–Kier alpha value is -3.07. The highest BCUT2D eigenvalue weighted by Gasteiger charge is 2.33. The molecule has 9 heteroatoms. The fourth-order valence-corrected chi connectivity index (χ4v) is 5.95. The molecule has 8 nitrogen and oxygen atoms in total. The fraction of sp³-hybridized carbons (Fsp3) is 0.467.